The van der Waals surface area contributed by atoms with Gasteiger partial charge in [-0.2, -0.15) is 0 Å². The lowest BCUT2D eigenvalue weighted by atomic mass is 10.0. The van der Waals surface area contributed by atoms with Gasteiger partial charge in [-0.1, -0.05) is 58.4 Å². The predicted octanol–water partition coefficient (Wildman–Crippen LogP) is 5.47. The summed E-state index contributed by atoms with van der Waals surface area (Å²) in [5.74, 6) is 0.466. The molecule has 0 N–H and O–H groups in total. The number of benzene rings is 3. The summed E-state index contributed by atoms with van der Waals surface area (Å²) in [5.41, 5.74) is 3.94. The van der Waals surface area contributed by atoms with Crippen LogP contribution in [0.1, 0.15) is 11.1 Å². The third-order valence-corrected chi connectivity index (χ3v) is 4.84. The summed E-state index contributed by atoms with van der Waals surface area (Å²) in [4.78, 5) is 16.7. The van der Waals surface area contributed by atoms with Gasteiger partial charge in [0.2, 0.25) is 5.90 Å². The topological polar surface area (TPSA) is 47.9 Å². The second kappa shape index (κ2) is 7.82. The van der Waals surface area contributed by atoms with Crippen LogP contribution in [0.25, 0.3) is 17.2 Å². The van der Waals surface area contributed by atoms with Gasteiger partial charge in [-0.15, -0.1) is 0 Å². The van der Waals surface area contributed by atoms with E-state index in [1.54, 1.807) is 13.2 Å². The first kappa shape index (κ1) is 18.2. The number of methoxy groups -OCH3 is 1. The Hall–Kier alpha value is -3.18. The molecule has 1 aliphatic rings. The molecule has 0 fully saturated rings. The molecule has 0 atom stereocenters. The minimum absolute atomic E-state index is 0.235. The summed E-state index contributed by atoms with van der Waals surface area (Å²) >= 11 is 3.43. The van der Waals surface area contributed by atoms with Gasteiger partial charge in [0, 0.05) is 15.6 Å². The molecule has 1 aliphatic heterocycles. The maximum atomic E-state index is 12.3. The van der Waals surface area contributed by atoms with Gasteiger partial charge in [0.05, 0.1) is 7.11 Å². The lowest BCUT2D eigenvalue weighted by Crippen LogP contribution is -2.05. The van der Waals surface area contributed by atoms with Gasteiger partial charge in [-0.05, 0) is 47.5 Å². The molecule has 0 spiro atoms. The van der Waals surface area contributed by atoms with Gasteiger partial charge in [0.15, 0.2) is 5.70 Å². The number of rotatable bonds is 4. The van der Waals surface area contributed by atoms with E-state index >= 15 is 0 Å². The number of esters is 1. The Labute approximate surface area is 171 Å². The van der Waals surface area contributed by atoms with E-state index in [0.29, 0.717) is 11.6 Å². The number of halogens is 1. The zero-order chi connectivity index (χ0) is 19.5. The number of aliphatic imine (C=N–C) groups is 1. The van der Waals surface area contributed by atoms with Gasteiger partial charge < -0.3 is 9.47 Å². The summed E-state index contributed by atoms with van der Waals surface area (Å²) in [6, 6.07) is 23.4. The van der Waals surface area contributed by atoms with Crippen molar-refractivity contribution in [3.63, 3.8) is 0 Å². The van der Waals surface area contributed by atoms with Crippen LogP contribution in [0.15, 0.2) is 88.0 Å². The summed E-state index contributed by atoms with van der Waals surface area (Å²) < 4.78 is 11.6. The van der Waals surface area contributed by atoms with Crippen LogP contribution in [-0.2, 0) is 9.53 Å². The van der Waals surface area contributed by atoms with Crippen molar-refractivity contribution >= 4 is 33.9 Å². The van der Waals surface area contributed by atoms with Crippen molar-refractivity contribution < 1.29 is 14.3 Å². The zero-order valence-electron chi connectivity index (χ0n) is 15.1. The first-order chi connectivity index (χ1) is 13.6. The standard InChI is InChI=1S/C23H16BrNO3/c1-27-21-12-11-19(24)13-18(21)14-20-23(26)28-22(25-20)17-9-7-16(8-10-17)15-5-3-2-4-6-15/h2-14H,1H3. The Bertz CT molecular complexity index is 1090. The van der Waals surface area contributed by atoms with E-state index in [9.17, 15) is 4.79 Å². The van der Waals surface area contributed by atoms with Crippen molar-refractivity contribution in [1.82, 2.24) is 0 Å². The monoisotopic (exact) mass is 433 g/mol. The SMILES string of the molecule is COc1ccc(Br)cc1C=C1N=C(c2ccc(-c3ccccc3)cc2)OC1=O. The van der Waals surface area contributed by atoms with E-state index in [4.69, 9.17) is 9.47 Å². The molecule has 5 heteroatoms. The third kappa shape index (κ3) is 3.75. The maximum absolute atomic E-state index is 12.3. The molecule has 0 unspecified atom stereocenters. The zero-order valence-corrected chi connectivity index (χ0v) is 16.6. The molecular formula is C23H16BrNO3. The molecule has 4 rings (SSSR count). The van der Waals surface area contributed by atoms with Crippen molar-refractivity contribution in [3.8, 4) is 16.9 Å². The summed E-state index contributed by atoms with van der Waals surface area (Å²) in [6.07, 6.45) is 1.66. The molecule has 0 saturated carbocycles. The minimum Gasteiger partial charge on any atom is -0.496 e. The minimum atomic E-state index is -0.482. The first-order valence-corrected chi connectivity index (χ1v) is 9.45. The van der Waals surface area contributed by atoms with Crippen molar-refractivity contribution in [2.45, 2.75) is 0 Å². The highest BCUT2D eigenvalue weighted by Gasteiger charge is 2.24. The smallest absolute Gasteiger partial charge is 0.363 e. The number of hydrogen-bond donors (Lipinski definition) is 0. The predicted molar refractivity (Wildman–Crippen MR) is 113 cm³/mol. The van der Waals surface area contributed by atoms with Crippen LogP contribution in [0, 0.1) is 0 Å². The highest BCUT2D eigenvalue weighted by molar-refractivity contribution is 9.10. The Morgan fingerprint density at radius 2 is 1.61 bits per heavy atom. The number of hydrogen-bond acceptors (Lipinski definition) is 4. The molecule has 0 bridgehead atoms. The lowest BCUT2D eigenvalue weighted by Gasteiger charge is -2.04. The Morgan fingerprint density at radius 1 is 0.929 bits per heavy atom. The first-order valence-electron chi connectivity index (χ1n) is 8.66. The molecule has 1 heterocycles. The fourth-order valence-corrected chi connectivity index (χ4v) is 3.31. The van der Waals surface area contributed by atoms with Crippen LogP contribution < -0.4 is 4.74 Å². The average molecular weight is 434 g/mol. The van der Waals surface area contributed by atoms with E-state index in [1.807, 2.05) is 72.8 Å². The van der Waals surface area contributed by atoms with E-state index in [-0.39, 0.29) is 5.70 Å². The average Bonchev–Trinajstić information content (AvgIpc) is 3.09. The van der Waals surface area contributed by atoms with Gasteiger partial charge in [0.1, 0.15) is 5.75 Å². The van der Waals surface area contributed by atoms with Crippen LogP contribution in [0.3, 0.4) is 0 Å². The highest BCUT2D eigenvalue weighted by atomic mass is 79.9. The Morgan fingerprint density at radius 3 is 2.32 bits per heavy atom. The molecule has 0 saturated heterocycles. The van der Waals surface area contributed by atoms with Crippen LogP contribution in [0.5, 0.6) is 5.75 Å². The Balaban J connectivity index is 1.64. The molecule has 3 aromatic carbocycles. The highest BCUT2D eigenvalue weighted by Crippen LogP contribution is 2.28. The molecule has 0 aromatic heterocycles. The van der Waals surface area contributed by atoms with Gasteiger partial charge in [0.25, 0.3) is 0 Å². The van der Waals surface area contributed by atoms with Crippen LogP contribution in [0.2, 0.25) is 0 Å². The molecule has 3 aromatic rings. The fourth-order valence-electron chi connectivity index (χ4n) is 2.93. The number of carbonyl (C=O) groups excluding carboxylic acids is 1. The van der Waals surface area contributed by atoms with E-state index < -0.39 is 5.97 Å². The second-order valence-corrected chi connectivity index (χ2v) is 7.08. The third-order valence-electron chi connectivity index (χ3n) is 4.34. The van der Waals surface area contributed by atoms with Crippen molar-refractivity contribution in [3.05, 3.63) is 94.1 Å². The van der Waals surface area contributed by atoms with Crippen molar-refractivity contribution in [2.75, 3.05) is 7.11 Å². The quantitative estimate of drug-likeness (QED) is 0.404. The summed E-state index contributed by atoms with van der Waals surface area (Å²) in [6.45, 7) is 0. The number of cyclic esters (lactones) is 1. The van der Waals surface area contributed by atoms with Crippen LogP contribution in [-0.4, -0.2) is 19.0 Å². The molecule has 0 amide bonds. The van der Waals surface area contributed by atoms with Crippen LogP contribution >= 0.6 is 15.9 Å². The van der Waals surface area contributed by atoms with E-state index in [1.165, 1.54) is 0 Å². The largest absolute Gasteiger partial charge is 0.496 e. The van der Waals surface area contributed by atoms with Crippen LogP contribution in [0.4, 0.5) is 0 Å². The van der Waals surface area contributed by atoms with Gasteiger partial charge in [-0.3, -0.25) is 0 Å². The maximum Gasteiger partial charge on any atom is 0.363 e. The van der Waals surface area contributed by atoms with Gasteiger partial charge >= 0.3 is 5.97 Å². The lowest BCUT2D eigenvalue weighted by molar-refractivity contribution is -0.129. The molecule has 138 valence electrons. The molecular weight excluding hydrogens is 418 g/mol. The molecule has 4 nitrogen and oxygen atoms in total. The molecule has 0 radical (unpaired) electrons. The fraction of sp³-hybridized carbons (Fsp3) is 0.0435. The van der Waals surface area contributed by atoms with Gasteiger partial charge in [-0.25, -0.2) is 9.79 Å². The summed E-state index contributed by atoms with van der Waals surface area (Å²) in [5, 5.41) is 0. The van der Waals surface area contributed by atoms with Crippen molar-refractivity contribution in [1.29, 1.82) is 0 Å². The number of nitrogens with zero attached hydrogens (tertiary/aromatic N) is 1. The molecule has 28 heavy (non-hydrogen) atoms. The number of carbonyl (C=O) groups is 1. The second-order valence-electron chi connectivity index (χ2n) is 6.17. The summed E-state index contributed by atoms with van der Waals surface area (Å²) in [7, 11) is 1.58. The van der Waals surface area contributed by atoms with E-state index in [2.05, 4.69) is 20.9 Å². The van der Waals surface area contributed by atoms with E-state index in [0.717, 1.165) is 26.7 Å². The van der Waals surface area contributed by atoms with Crippen molar-refractivity contribution in [2.24, 2.45) is 4.99 Å². The Kier molecular flexibility index (Phi) is 5.08. The molecule has 0 aliphatic carbocycles. The normalized spacial score (nSPS) is 14.7. The number of ether oxygens (including phenoxy) is 2.